The van der Waals surface area contributed by atoms with E-state index in [2.05, 4.69) is 5.32 Å². The van der Waals surface area contributed by atoms with Crippen LogP contribution >= 0.6 is 24.0 Å². The van der Waals surface area contributed by atoms with E-state index in [-0.39, 0.29) is 36.2 Å². The van der Waals surface area contributed by atoms with Crippen molar-refractivity contribution in [3.05, 3.63) is 70.2 Å². The maximum Gasteiger partial charge on any atom is 0.226 e. The fourth-order valence-corrected chi connectivity index (χ4v) is 4.00. The van der Waals surface area contributed by atoms with Crippen molar-refractivity contribution in [2.45, 2.75) is 18.4 Å². The zero-order chi connectivity index (χ0) is 18.3. The van der Waals surface area contributed by atoms with Gasteiger partial charge in [-0.1, -0.05) is 23.7 Å². The van der Waals surface area contributed by atoms with Crippen molar-refractivity contribution in [3.63, 3.8) is 0 Å². The van der Waals surface area contributed by atoms with Gasteiger partial charge in [0.2, 0.25) is 5.91 Å². The molecule has 1 N–H and O–H groups in total. The van der Waals surface area contributed by atoms with Gasteiger partial charge in [-0.2, -0.15) is 0 Å². The molecule has 7 heteroatoms. The number of halogens is 4. The molecule has 144 valence electrons. The largest absolute Gasteiger partial charge is 0.333 e. The van der Waals surface area contributed by atoms with Crippen LogP contribution in [0.4, 0.5) is 8.78 Å². The van der Waals surface area contributed by atoms with Crippen LogP contribution in [0.2, 0.25) is 5.02 Å². The Labute approximate surface area is 168 Å². The van der Waals surface area contributed by atoms with E-state index in [9.17, 15) is 13.6 Å². The Morgan fingerprint density at radius 3 is 2.78 bits per heavy atom. The Morgan fingerprint density at radius 2 is 2.00 bits per heavy atom. The molecular formula is C20H20Cl2F2N2O. The van der Waals surface area contributed by atoms with E-state index < -0.39 is 11.6 Å². The third kappa shape index (κ3) is 4.10. The maximum atomic E-state index is 14.0. The molecule has 27 heavy (non-hydrogen) atoms. The molecule has 1 amide bonds. The molecule has 1 aliphatic carbocycles. The Morgan fingerprint density at radius 1 is 1.19 bits per heavy atom. The molecule has 3 unspecified atom stereocenters. The van der Waals surface area contributed by atoms with Crippen LogP contribution < -0.4 is 5.32 Å². The predicted octanol–water partition coefficient (Wildman–Crippen LogP) is 4.32. The molecule has 3 atom stereocenters. The smallest absolute Gasteiger partial charge is 0.226 e. The summed E-state index contributed by atoms with van der Waals surface area (Å²) in [7, 11) is 0. The number of piperazine rings is 1. The highest BCUT2D eigenvalue weighted by Crippen LogP contribution is 2.50. The average molecular weight is 413 g/mol. The first-order chi connectivity index (χ1) is 12.5. The van der Waals surface area contributed by atoms with Crippen molar-refractivity contribution < 1.29 is 13.6 Å². The van der Waals surface area contributed by atoms with Crippen LogP contribution in [0.1, 0.15) is 29.5 Å². The number of nitrogens with zero attached hydrogens (tertiary/aromatic N) is 1. The van der Waals surface area contributed by atoms with Crippen LogP contribution in [-0.4, -0.2) is 30.4 Å². The first-order valence-electron chi connectivity index (χ1n) is 8.76. The summed E-state index contributed by atoms with van der Waals surface area (Å²) < 4.78 is 27.5. The second kappa shape index (κ2) is 8.13. The van der Waals surface area contributed by atoms with Gasteiger partial charge < -0.3 is 10.2 Å². The zero-order valence-electron chi connectivity index (χ0n) is 14.5. The summed E-state index contributed by atoms with van der Waals surface area (Å²) in [5.41, 5.74) is 1.28. The van der Waals surface area contributed by atoms with Crippen LogP contribution in [0.3, 0.4) is 0 Å². The fourth-order valence-electron chi connectivity index (χ4n) is 3.80. The lowest BCUT2D eigenvalue weighted by Crippen LogP contribution is -2.49. The maximum absolute atomic E-state index is 14.0. The van der Waals surface area contributed by atoms with E-state index in [0.717, 1.165) is 17.7 Å². The summed E-state index contributed by atoms with van der Waals surface area (Å²) in [4.78, 5) is 14.9. The van der Waals surface area contributed by atoms with Crippen LogP contribution in [0, 0.1) is 17.6 Å². The summed E-state index contributed by atoms with van der Waals surface area (Å²) in [6, 6.07) is 10.8. The van der Waals surface area contributed by atoms with E-state index >= 15 is 0 Å². The van der Waals surface area contributed by atoms with Crippen molar-refractivity contribution in [1.29, 1.82) is 0 Å². The highest BCUT2D eigenvalue weighted by Gasteiger charge is 2.48. The first kappa shape index (κ1) is 20.1. The molecule has 4 rings (SSSR count). The van der Waals surface area contributed by atoms with Crippen LogP contribution in [-0.2, 0) is 4.79 Å². The van der Waals surface area contributed by atoms with Gasteiger partial charge in [-0.3, -0.25) is 4.79 Å². The van der Waals surface area contributed by atoms with Gasteiger partial charge >= 0.3 is 0 Å². The third-order valence-corrected chi connectivity index (χ3v) is 5.46. The third-order valence-electron chi connectivity index (χ3n) is 5.23. The lowest BCUT2D eigenvalue weighted by atomic mass is 10.0. The van der Waals surface area contributed by atoms with E-state index in [0.29, 0.717) is 36.6 Å². The van der Waals surface area contributed by atoms with Gasteiger partial charge in [-0.15, -0.1) is 12.4 Å². The van der Waals surface area contributed by atoms with Crippen LogP contribution in [0.5, 0.6) is 0 Å². The molecule has 1 aliphatic heterocycles. The zero-order valence-corrected chi connectivity index (χ0v) is 16.1. The molecule has 2 fully saturated rings. The van der Waals surface area contributed by atoms with Crippen LogP contribution in [0.25, 0.3) is 0 Å². The summed E-state index contributed by atoms with van der Waals surface area (Å²) in [6.07, 6.45) is 0.561. The van der Waals surface area contributed by atoms with Crippen molar-refractivity contribution in [2.24, 2.45) is 5.92 Å². The number of benzene rings is 2. The van der Waals surface area contributed by atoms with Gasteiger partial charge in [0.05, 0.1) is 6.04 Å². The topological polar surface area (TPSA) is 32.3 Å². The number of nitrogens with one attached hydrogen (secondary N) is 1. The quantitative estimate of drug-likeness (QED) is 0.813. The Hall–Kier alpha value is -1.69. The molecule has 1 saturated carbocycles. The minimum Gasteiger partial charge on any atom is -0.333 e. The summed E-state index contributed by atoms with van der Waals surface area (Å²) in [5, 5.41) is 3.94. The number of rotatable bonds is 3. The molecule has 0 bridgehead atoms. The number of hydrogen-bond donors (Lipinski definition) is 1. The molecule has 0 spiro atoms. The molecular weight excluding hydrogens is 393 g/mol. The number of hydrogen-bond acceptors (Lipinski definition) is 2. The second-order valence-corrected chi connectivity index (χ2v) is 7.36. The molecule has 2 aromatic rings. The minimum absolute atomic E-state index is 0. The average Bonchev–Trinajstić information content (AvgIpc) is 3.44. The number of carbonyl (C=O) groups is 1. The van der Waals surface area contributed by atoms with Gasteiger partial charge in [-0.25, -0.2) is 8.78 Å². The van der Waals surface area contributed by atoms with E-state index in [1.54, 1.807) is 6.07 Å². The summed E-state index contributed by atoms with van der Waals surface area (Å²) in [5.74, 6) is -1.44. The molecule has 1 saturated heterocycles. The Kier molecular flexibility index (Phi) is 6.04. The van der Waals surface area contributed by atoms with E-state index in [4.69, 9.17) is 11.6 Å². The molecule has 0 radical (unpaired) electrons. The first-order valence-corrected chi connectivity index (χ1v) is 9.14. The van der Waals surface area contributed by atoms with Crippen LogP contribution in [0.15, 0.2) is 42.5 Å². The van der Waals surface area contributed by atoms with Gasteiger partial charge in [0.15, 0.2) is 0 Å². The lowest BCUT2D eigenvalue weighted by molar-refractivity contribution is -0.136. The van der Waals surface area contributed by atoms with Crippen molar-refractivity contribution >= 4 is 29.9 Å². The molecule has 2 aromatic carbocycles. The van der Waals surface area contributed by atoms with E-state index in [1.807, 2.05) is 23.1 Å². The lowest BCUT2D eigenvalue weighted by Gasteiger charge is -2.37. The van der Waals surface area contributed by atoms with Gasteiger partial charge in [0, 0.05) is 30.6 Å². The number of amides is 1. The number of carbonyl (C=O) groups excluding carboxylic acids is 1. The standard InChI is InChI=1S/C20H19ClF2N2O.ClH/c21-13-3-1-2-12(8-13)19-11-24-6-7-25(19)20(26)17-10-15(17)16-9-14(22)4-5-18(16)23;/h1-5,8-9,15,17,19,24H,6-7,10-11H2;1H. The summed E-state index contributed by atoms with van der Waals surface area (Å²) in [6.45, 7) is 1.96. The Bertz CT molecular complexity index is 848. The normalized spacial score (nSPS) is 24.3. The molecule has 0 aromatic heterocycles. The molecule has 1 heterocycles. The van der Waals surface area contributed by atoms with Gasteiger partial charge in [0.1, 0.15) is 11.6 Å². The van der Waals surface area contributed by atoms with Gasteiger partial charge in [0.25, 0.3) is 0 Å². The monoisotopic (exact) mass is 412 g/mol. The SMILES string of the molecule is Cl.O=C(C1CC1c1cc(F)ccc1F)N1CCNCC1c1cccc(Cl)c1. The highest BCUT2D eigenvalue weighted by molar-refractivity contribution is 6.30. The van der Waals surface area contributed by atoms with Crippen molar-refractivity contribution in [2.75, 3.05) is 19.6 Å². The van der Waals surface area contributed by atoms with Gasteiger partial charge in [-0.05, 0) is 53.8 Å². The second-order valence-electron chi connectivity index (χ2n) is 6.92. The van der Waals surface area contributed by atoms with Crippen molar-refractivity contribution in [3.8, 4) is 0 Å². The molecule has 3 nitrogen and oxygen atoms in total. The summed E-state index contributed by atoms with van der Waals surface area (Å²) >= 11 is 6.10. The minimum atomic E-state index is -0.474. The van der Waals surface area contributed by atoms with E-state index in [1.165, 1.54) is 6.07 Å². The molecule has 2 aliphatic rings. The fraction of sp³-hybridized carbons (Fsp3) is 0.350. The Balaban J connectivity index is 0.00000210. The predicted molar refractivity (Wildman–Crippen MR) is 103 cm³/mol. The van der Waals surface area contributed by atoms with Crippen molar-refractivity contribution in [1.82, 2.24) is 10.2 Å². The highest BCUT2D eigenvalue weighted by atomic mass is 35.5.